The van der Waals surface area contributed by atoms with Crippen LogP contribution in [-0.4, -0.2) is 29.6 Å². The zero-order valence-electron chi connectivity index (χ0n) is 12.7. The third-order valence-corrected chi connectivity index (χ3v) is 3.93. The van der Waals surface area contributed by atoms with Crippen LogP contribution in [0.15, 0.2) is 48.5 Å². The van der Waals surface area contributed by atoms with Crippen molar-refractivity contribution in [2.75, 3.05) is 11.5 Å². The lowest BCUT2D eigenvalue weighted by atomic mass is 10.1. The van der Waals surface area contributed by atoms with E-state index in [-0.39, 0.29) is 29.9 Å². The predicted octanol–water partition coefficient (Wildman–Crippen LogP) is 2.53. The van der Waals surface area contributed by atoms with Gasteiger partial charge in [0.15, 0.2) is 6.61 Å². The highest BCUT2D eigenvalue weighted by molar-refractivity contribution is 5.99. The molecule has 0 radical (unpaired) electrons. The number of benzene rings is 2. The number of nitrogens with zero attached hydrogens (tertiary/aromatic N) is 1. The van der Waals surface area contributed by atoms with Crippen molar-refractivity contribution >= 4 is 17.6 Å². The van der Waals surface area contributed by atoms with Crippen LogP contribution in [0.2, 0.25) is 0 Å². The van der Waals surface area contributed by atoms with E-state index in [9.17, 15) is 14.7 Å². The molecule has 0 saturated heterocycles. The third kappa shape index (κ3) is 2.90. The average molecular weight is 311 g/mol. The minimum atomic E-state index is -0.711. The maximum atomic E-state index is 12.4. The highest BCUT2D eigenvalue weighted by Gasteiger charge is 2.31. The molecular formula is C18H17NO4. The molecule has 2 aromatic rings. The van der Waals surface area contributed by atoms with Crippen molar-refractivity contribution in [1.29, 1.82) is 0 Å². The largest absolute Gasteiger partial charge is 0.507 e. The van der Waals surface area contributed by atoms with Gasteiger partial charge in [0.05, 0.1) is 0 Å². The lowest BCUT2D eigenvalue weighted by Gasteiger charge is -2.22. The van der Waals surface area contributed by atoms with Crippen LogP contribution in [0.4, 0.5) is 5.69 Å². The highest BCUT2D eigenvalue weighted by atomic mass is 16.5. The summed E-state index contributed by atoms with van der Waals surface area (Å²) in [6, 6.07) is 13.8. The Morgan fingerprint density at radius 1 is 1.17 bits per heavy atom. The lowest BCUT2D eigenvalue weighted by Crippen LogP contribution is -2.38. The number of phenolic OH excluding ortho intramolecular Hbond substituents is 1. The smallest absolute Gasteiger partial charge is 0.342 e. The van der Waals surface area contributed by atoms with Crippen molar-refractivity contribution in [2.24, 2.45) is 0 Å². The van der Waals surface area contributed by atoms with E-state index in [2.05, 4.69) is 0 Å². The fourth-order valence-electron chi connectivity index (χ4n) is 2.87. The molecule has 2 aromatic carbocycles. The molecule has 1 aliphatic heterocycles. The first-order chi connectivity index (χ1) is 11.1. The monoisotopic (exact) mass is 311 g/mol. The van der Waals surface area contributed by atoms with Crippen molar-refractivity contribution in [3.63, 3.8) is 0 Å². The Hall–Kier alpha value is -2.82. The molecule has 0 saturated carbocycles. The van der Waals surface area contributed by atoms with Gasteiger partial charge in [-0.15, -0.1) is 0 Å². The Labute approximate surface area is 134 Å². The zero-order valence-corrected chi connectivity index (χ0v) is 12.7. The van der Waals surface area contributed by atoms with E-state index in [0.29, 0.717) is 0 Å². The third-order valence-electron chi connectivity index (χ3n) is 3.93. The number of amides is 1. The summed E-state index contributed by atoms with van der Waals surface area (Å²) in [6.45, 7) is 1.61. The second-order valence-corrected chi connectivity index (χ2v) is 5.54. The van der Waals surface area contributed by atoms with Crippen LogP contribution in [0, 0.1) is 0 Å². The topological polar surface area (TPSA) is 66.8 Å². The molecule has 1 aliphatic rings. The molecule has 5 heteroatoms. The first kappa shape index (κ1) is 15.1. The Bertz CT molecular complexity index is 756. The summed E-state index contributed by atoms with van der Waals surface area (Å²) in [7, 11) is 0. The van der Waals surface area contributed by atoms with Crippen molar-refractivity contribution in [2.45, 2.75) is 19.4 Å². The van der Waals surface area contributed by atoms with Gasteiger partial charge in [-0.25, -0.2) is 4.79 Å². The summed E-state index contributed by atoms with van der Waals surface area (Å²) in [5, 5.41) is 9.63. The van der Waals surface area contributed by atoms with E-state index in [1.165, 1.54) is 12.1 Å². The molecule has 23 heavy (non-hydrogen) atoms. The summed E-state index contributed by atoms with van der Waals surface area (Å²) in [6.07, 6.45) is 0.787. The highest BCUT2D eigenvalue weighted by Crippen LogP contribution is 2.31. The van der Waals surface area contributed by atoms with Crippen LogP contribution in [0.25, 0.3) is 0 Å². The number of fused-ring (bicyclic) bond motifs is 1. The van der Waals surface area contributed by atoms with Gasteiger partial charge in [-0.3, -0.25) is 4.79 Å². The number of anilines is 1. The van der Waals surface area contributed by atoms with Gasteiger partial charge in [-0.2, -0.15) is 0 Å². The predicted molar refractivity (Wildman–Crippen MR) is 85.5 cm³/mol. The number of esters is 1. The van der Waals surface area contributed by atoms with Crippen molar-refractivity contribution < 1.29 is 19.4 Å². The van der Waals surface area contributed by atoms with Crippen LogP contribution in [0.3, 0.4) is 0 Å². The SMILES string of the molecule is C[C@H]1Cc2ccccc2N1C(=O)COC(=O)c1ccccc1O. The number of carbonyl (C=O) groups excluding carboxylic acids is 2. The first-order valence-corrected chi connectivity index (χ1v) is 7.43. The van der Waals surface area contributed by atoms with Gasteiger partial charge in [0.25, 0.3) is 5.91 Å². The summed E-state index contributed by atoms with van der Waals surface area (Å²) in [4.78, 5) is 26.0. The van der Waals surface area contributed by atoms with Crippen molar-refractivity contribution in [3.8, 4) is 5.75 Å². The molecule has 0 bridgehead atoms. The molecule has 0 unspecified atom stereocenters. The molecular weight excluding hydrogens is 294 g/mol. The van der Waals surface area contributed by atoms with Gasteiger partial charge < -0.3 is 14.7 Å². The minimum absolute atomic E-state index is 0.0312. The Kier molecular flexibility index (Phi) is 4.02. The van der Waals surface area contributed by atoms with Crippen LogP contribution in [0.1, 0.15) is 22.8 Å². The van der Waals surface area contributed by atoms with E-state index in [1.807, 2.05) is 31.2 Å². The standard InChI is InChI=1S/C18H17NO4/c1-12-10-13-6-2-4-8-15(13)19(12)17(21)11-23-18(22)14-7-3-5-9-16(14)20/h2-9,12,20H,10-11H2,1H3/t12-/m0/s1. The lowest BCUT2D eigenvalue weighted by molar-refractivity contribution is -0.122. The fraction of sp³-hybridized carbons (Fsp3) is 0.222. The maximum absolute atomic E-state index is 12.4. The first-order valence-electron chi connectivity index (χ1n) is 7.43. The number of carbonyl (C=O) groups is 2. The Morgan fingerprint density at radius 2 is 1.87 bits per heavy atom. The van der Waals surface area contributed by atoms with E-state index in [4.69, 9.17) is 4.74 Å². The number of rotatable bonds is 3. The maximum Gasteiger partial charge on any atom is 0.342 e. The Morgan fingerprint density at radius 3 is 2.65 bits per heavy atom. The van der Waals surface area contributed by atoms with Crippen LogP contribution in [-0.2, 0) is 16.0 Å². The van der Waals surface area contributed by atoms with Crippen LogP contribution in [0.5, 0.6) is 5.75 Å². The molecule has 1 heterocycles. The van der Waals surface area contributed by atoms with E-state index >= 15 is 0 Å². The quantitative estimate of drug-likeness (QED) is 0.885. The number of hydrogen-bond acceptors (Lipinski definition) is 4. The summed E-state index contributed by atoms with van der Waals surface area (Å²) < 4.78 is 5.06. The zero-order chi connectivity index (χ0) is 16.4. The van der Waals surface area contributed by atoms with Gasteiger partial charge in [0.1, 0.15) is 11.3 Å². The molecule has 1 atom stereocenters. The Balaban J connectivity index is 1.69. The second-order valence-electron chi connectivity index (χ2n) is 5.54. The van der Waals surface area contributed by atoms with Gasteiger partial charge in [0, 0.05) is 11.7 Å². The van der Waals surface area contributed by atoms with Crippen LogP contribution < -0.4 is 4.90 Å². The average Bonchev–Trinajstić information content (AvgIpc) is 2.88. The summed E-state index contributed by atoms with van der Waals surface area (Å²) in [5.41, 5.74) is 2.03. The van der Waals surface area contributed by atoms with Crippen molar-refractivity contribution in [3.05, 3.63) is 59.7 Å². The summed E-state index contributed by atoms with van der Waals surface area (Å²) in [5.74, 6) is -1.15. The number of phenols is 1. The van der Waals surface area contributed by atoms with E-state index < -0.39 is 5.97 Å². The normalized spacial score (nSPS) is 16.0. The molecule has 1 N–H and O–H groups in total. The van der Waals surface area contributed by atoms with Gasteiger partial charge >= 0.3 is 5.97 Å². The van der Waals surface area contributed by atoms with E-state index in [0.717, 1.165) is 17.7 Å². The number of para-hydroxylation sites is 2. The number of aromatic hydroxyl groups is 1. The second kappa shape index (κ2) is 6.12. The number of ether oxygens (including phenoxy) is 1. The van der Waals surface area contributed by atoms with Gasteiger partial charge in [-0.1, -0.05) is 30.3 Å². The molecule has 0 spiro atoms. The van der Waals surface area contributed by atoms with Crippen molar-refractivity contribution in [1.82, 2.24) is 0 Å². The molecule has 118 valence electrons. The van der Waals surface area contributed by atoms with Gasteiger partial charge in [0.2, 0.25) is 0 Å². The molecule has 1 amide bonds. The molecule has 0 aliphatic carbocycles. The summed E-state index contributed by atoms with van der Waals surface area (Å²) >= 11 is 0. The molecule has 0 fully saturated rings. The molecule has 3 rings (SSSR count). The van der Waals surface area contributed by atoms with Gasteiger partial charge in [-0.05, 0) is 37.1 Å². The minimum Gasteiger partial charge on any atom is -0.507 e. The number of hydrogen-bond donors (Lipinski definition) is 1. The van der Waals surface area contributed by atoms with Crippen LogP contribution >= 0.6 is 0 Å². The fourth-order valence-corrected chi connectivity index (χ4v) is 2.87. The molecule has 0 aromatic heterocycles. The van der Waals surface area contributed by atoms with E-state index in [1.54, 1.807) is 17.0 Å². The molecule has 5 nitrogen and oxygen atoms in total.